The minimum absolute atomic E-state index is 0.575. The second-order valence-electron chi connectivity index (χ2n) is 4.85. The minimum atomic E-state index is 0.575. The summed E-state index contributed by atoms with van der Waals surface area (Å²) in [6, 6.07) is 14.6. The van der Waals surface area contributed by atoms with E-state index in [-0.39, 0.29) is 0 Å². The molecule has 0 radical (unpaired) electrons. The third-order valence-electron chi connectivity index (χ3n) is 3.24. The van der Waals surface area contributed by atoms with Crippen LogP contribution in [-0.2, 0) is 13.0 Å². The van der Waals surface area contributed by atoms with E-state index in [4.69, 9.17) is 10.5 Å². The van der Waals surface area contributed by atoms with Crippen molar-refractivity contribution in [2.24, 2.45) is 5.73 Å². The molecule has 100 valence electrons. The predicted molar refractivity (Wildman–Crippen MR) is 79.4 cm³/mol. The van der Waals surface area contributed by atoms with Gasteiger partial charge in [0.05, 0.1) is 6.61 Å². The predicted octanol–water partition coefficient (Wildman–Crippen LogP) is 3.38. The van der Waals surface area contributed by atoms with Gasteiger partial charge in [-0.3, -0.25) is 0 Å². The van der Waals surface area contributed by atoms with Crippen molar-refractivity contribution in [3.63, 3.8) is 0 Å². The van der Waals surface area contributed by atoms with Gasteiger partial charge in [0, 0.05) is 13.0 Å². The monoisotopic (exact) mass is 255 g/mol. The van der Waals surface area contributed by atoms with Crippen molar-refractivity contribution in [1.29, 1.82) is 0 Å². The van der Waals surface area contributed by atoms with E-state index in [9.17, 15) is 0 Å². The summed E-state index contributed by atoms with van der Waals surface area (Å²) in [4.78, 5) is 0. The highest BCUT2D eigenvalue weighted by atomic mass is 16.5. The van der Waals surface area contributed by atoms with Crippen molar-refractivity contribution in [1.82, 2.24) is 0 Å². The zero-order chi connectivity index (χ0) is 13.7. The fourth-order valence-corrected chi connectivity index (χ4v) is 2.30. The van der Waals surface area contributed by atoms with Gasteiger partial charge in [0.1, 0.15) is 5.75 Å². The minimum Gasteiger partial charge on any atom is -0.493 e. The Labute approximate surface area is 115 Å². The van der Waals surface area contributed by atoms with Gasteiger partial charge >= 0.3 is 0 Å². The highest BCUT2D eigenvalue weighted by molar-refractivity contribution is 5.43. The smallest absolute Gasteiger partial charge is 0.125 e. The topological polar surface area (TPSA) is 35.2 Å². The first-order chi connectivity index (χ1) is 9.20. The molecule has 0 fully saturated rings. The zero-order valence-electron chi connectivity index (χ0n) is 11.6. The first-order valence-corrected chi connectivity index (χ1v) is 6.67. The molecule has 2 aromatic carbocycles. The second kappa shape index (κ2) is 6.39. The van der Waals surface area contributed by atoms with Crippen molar-refractivity contribution in [3.05, 3.63) is 64.7 Å². The lowest BCUT2D eigenvalue weighted by molar-refractivity contribution is 0.317. The van der Waals surface area contributed by atoms with Crippen LogP contribution in [0.1, 0.15) is 22.3 Å². The zero-order valence-corrected chi connectivity index (χ0v) is 11.6. The average molecular weight is 255 g/mol. The Kier molecular flexibility index (Phi) is 4.58. The van der Waals surface area contributed by atoms with Gasteiger partial charge in [0.25, 0.3) is 0 Å². The van der Waals surface area contributed by atoms with Crippen LogP contribution in [0.3, 0.4) is 0 Å². The molecule has 2 rings (SSSR count). The van der Waals surface area contributed by atoms with Crippen LogP contribution in [0.4, 0.5) is 0 Å². The SMILES string of the molecule is Cc1cc(CN)cc(C)c1OCCc1ccccc1. The molecule has 19 heavy (non-hydrogen) atoms. The molecule has 0 aliphatic heterocycles. The van der Waals surface area contributed by atoms with E-state index in [1.165, 1.54) is 5.56 Å². The van der Waals surface area contributed by atoms with Crippen molar-refractivity contribution in [3.8, 4) is 5.75 Å². The maximum absolute atomic E-state index is 5.93. The van der Waals surface area contributed by atoms with Crippen LogP contribution in [0.15, 0.2) is 42.5 Å². The molecule has 0 saturated heterocycles. The molecule has 2 aromatic rings. The van der Waals surface area contributed by atoms with E-state index in [0.717, 1.165) is 28.9 Å². The van der Waals surface area contributed by atoms with Crippen LogP contribution >= 0.6 is 0 Å². The van der Waals surface area contributed by atoms with Crippen LogP contribution < -0.4 is 10.5 Å². The number of ether oxygens (including phenoxy) is 1. The maximum atomic E-state index is 5.93. The summed E-state index contributed by atoms with van der Waals surface area (Å²) in [5.41, 5.74) is 10.5. The van der Waals surface area contributed by atoms with Gasteiger partial charge in [-0.2, -0.15) is 0 Å². The molecule has 0 saturated carbocycles. The summed E-state index contributed by atoms with van der Waals surface area (Å²) in [7, 11) is 0. The molecule has 0 unspecified atom stereocenters. The molecule has 0 spiro atoms. The van der Waals surface area contributed by atoms with Crippen LogP contribution in [-0.4, -0.2) is 6.61 Å². The summed E-state index contributed by atoms with van der Waals surface area (Å²) >= 11 is 0. The van der Waals surface area contributed by atoms with Gasteiger partial charge in [-0.1, -0.05) is 42.5 Å². The van der Waals surface area contributed by atoms with Crippen LogP contribution in [0.5, 0.6) is 5.75 Å². The first kappa shape index (κ1) is 13.6. The van der Waals surface area contributed by atoms with Crippen LogP contribution in [0.2, 0.25) is 0 Å². The number of nitrogens with two attached hydrogens (primary N) is 1. The van der Waals surface area contributed by atoms with Crippen LogP contribution in [0, 0.1) is 13.8 Å². The Balaban J connectivity index is 2.00. The molecule has 0 atom stereocenters. The third-order valence-corrected chi connectivity index (χ3v) is 3.24. The maximum Gasteiger partial charge on any atom is 0.125 e. The Morgan fingerprint density at radius 1 is 0.947 bits per heavy atom. The summed E-state index contributed by atoms with van der Waals surface area (Å²) in [5, 5.41) is 0. The fraction of sp³-hybridized carbons (Fsp3) is 0.294. The molecular formula is C17H21NO. The van der Waals surface area contributed by atoms with E-state index in [1.54, 1.807) is 0 Å². The summed E-state index contributed by atoms with van der Waals surface area (Å²) in [6.45, 7) is 5.42. The van der Waals surface area contributed by atoms with E-state index >= 15 is 0 Å². The molecule has 0 heterocycles. The van der Waals surface area contributed by atoms with E-state index in [2.05, 4.69) is 50.2 Å². The molecule has 0 aliphatic rings. The van der Waals surface area contributed by atoms with Crippen molar-refractivity contribution in [2.45, 2.75) is 26.8 Å². The molecule has 0 aliphatic carbocycles. The van der Waals surface area contributed by atoms with Crippen LogP contribution in [0.25, 0.3) is 0 Å². The third kappa shape index (κ3) is 3.58. The second-order valence-corrected chi connectivity index (χ2v) is 4.85. The molecule has 0 aromatic heterocycles. The lowest BCUT2D eigenvalue weighted by Crippen LogP contribution is -2.05. The van der Waals surface area contributed by atoms with Crippen molar-refractivity contribution in [2.75, 3.05) is 6.61 Å². The molecule has 2 nitrogen and oxygen atoms in total. The highest BCUT2D eigenvalue weighted by Gasteiger charge is 2.06. The van der Waals surface area contributed by atoms with E-state index in [1.807, 2.05) is 6.07 Å². The van der Waals surface area contributed by atoms with Gasteiger partial charge in [-0.05, 0) is 36.1 Å². The Morgan fingerprint density at radius 3 is 2.16 bits per heavy atom. The first-order valence-electron chi connectivity index (χ1n) is 6.67. The largest absolute Gasteiger partial charge is 0.493 e. The summed E-state index contributed by atoms with van der Waals surface area (Å²) in [5.74, 6) is 0.994. The number of benzene rings is 2. The summed E-state index contributed by atoms with van der Waals surface area (Å²) in [6.07, 6.45) is 0.929. The Hall–Kier alpha value is -1.80. The Bertz CT molecular complexity index is 511. The molecular weight excluding hydrogens is 234 g/mol. The molecule has 2 heteroatoms. The molecule has 2 N–H and O–H groups in total. The molecule has 0 bridgehead atoms. The van der Waals surface area contributed by atoms with Gasteiger partial charge in [-0.15, -0.1) is 0 Å². The highest BCUT2D eigenvalue weighted by Crippen LogP contribution is 2.24. The molecule has 0 amide bonds. The van der Waals surface area contributed by atoms with Gasteiger partial charge in [0.2, 0.25) is 0 Å². The van der Waals surface area contributed by atoms with Crippen molar-refractivity contribution < 1.29 is 4.74 Å². The van der Waals surface area contributed by atoms with Crippen molar-refractivity contribution >= 4 is 0 Å². The Morgan fingerprint density at radius 2 is 1.58 bits per heavy atom. The fourth-order valence-electron chi connectivity index (χ4n) is 2.30. The number of hydrogen-bond acceptors (Lipinski definition) is 2. The van der Waals surface area contributed by atoms with Gasteiger partial charge in [0.15, 0.2) is 0 Å². The number of hydrogen-bond donors (Lipinski definition) is 1. The number of rotatable bonds is 5. The van der Waals surface area contributed by atoms with Gasteiger partial charge < -0.3 is 10.5 Å². The van der Waals surface area contributed by atoms with Gasteiger partial charge in [-0.25, -0.2) is 0 Å². The lowest BCUT2D eigenvalue weighted by atomic mass is 10.1. The number of aryl methyl sites for hydroxylation is 2. The lowest BCUT2D eigenvalue weighted by Gasteiger charge is -2.13. The average Bonchev–Trinajstić information content (AvgIpc) is 2.42. The quantitative estimate of drug-likeness (QED) is 0.889. The van der Waals surface area contributed by atoms with E-state index in [0.29, 0.717) is 13.2 Å². The standard InChI is InChI=1S/C17H21NO/c1-13-10-16(12-18)11-14(2)17(13)19-9-8-15-6-4-3-5-7-15/h3-7,10-11H,8-9,12,18H2,1-2H3. The summed E-state index contributed by atoms with van der Waals surface area (Å²) < 4.78 is 5.93. The van der Waals surface area contributed by atoms with E-state index < -0.39 is 0 Å². The normalized spacial score (nSPS) is 10.5.